The number of imidazole rings is 1. The highest BCUT2D eigenvalue weighted by Gasteiger charge is 2.29. The number of aromatic nitrogens is 2. The number of esters is 1. The molecule has 4 rings (SSSR count). The van der Waals surface area contributed by atoms with Gasteiger partial charge in [-0.1, -0.05) is 24.3 Å². The number of aromatic amines is 1. The number of hydrogen-bond acceptors (Lipinski definition) is 5. The molecule has 6 nitrogen and oxygen atoms in total. The number of carbonyl (C=O) groups excluding carboxylic acids is 1. The first-order valence-electron chi connectivity index (χ1n) is 9.23. The predicted molar refractivity (Wildman–Crippen MR) is 105 cm³/mol. The lowest BCUT2D eigenvalue weighted by atomic mass is 9.90. The van der Waals surface area contributed by atoms with Gasteiger partial charge in [0.15, 0.2) is 0 Å². The molecule has 3 aromatic rings. The minimum absolute atomic E-state index is 0.204. The molecular weight excluding hydrogens is 354 g/mol. The number of carbonyl (C=O) groups is 1. The van der Waals surface area contributed by atoms with Gasteiger partial charge in [-0.05, 0) is 35.4 Å². The molecule has 1 unspecified atom stereocenters. The van der Waals surface area contributed by atoms with E-state index in [-0.39, 0.29) is 11.9 Å². The fourth-order valence-electron chi connectivity index (χ4n) is 3.73. The van der Waals surface area contributed by atoms with E-state index in [1.165, 1.54) is 12.7 Å². The van der Waals surface area contributed by atoms with Crippen LogP contribution in [-0.4, -0.2) is 41.6 Å². The first kappa shape index (κ1) is 18.3. The van der Waals surface area contributed by atoms with Crippen LogP contribution in [0.5, 0.6) is 5.75 Å². The number of ether oxygens (including phenoxy) is 2. The third-order valence-corrected chi connectivity index (χ3v) is 5.20. The second-order valence-electron chi connectivity index (χ2n) is 6.95. The van der Waals surface area contributed by atoms with Gasteiger partial charge in [0, 0.05) is 25.6 Å². The summed E-state index contributed by atoms with van der Waals surface area (Å²) in [6, 6.07) is 15.8. The summed E-state index contributed by atoms with van der Waals surface area (Å²) < 4.78 is 10.0. The van der Waals surface area contributed by atoms with E-state index in [4.69, 9.17) is 9.47 Å². The summed E-state index contributed by atoms with van der Waals surface area (Å²) in [7, 11) is 3.07. The molecule has 28 heavy (non-hydrogen) atoms. The minimum atomic E-state index is -0.314. The lowest BCUT2D eigenvalue weighted by molar-refractivity contribution is 0.0600. The highest BCUT2D eigenvalue weighted by atomic mass is 16.5. The molecule has 0 saturated heterocycles. The second-order valence-corrected chi connectivity index (χ2v) is 6.95. The lowest BCUT2D eigenvalue weighted by Gasteiger charge is -2.32. The normalized spacial score (nSPS) is 16.4. The van der Waals surface area contributed by atoms with Gasteiger partial charge in [-0.15, -0.1) is 0 Å². The summed E-state index contributed by atoms with van der Waals surface area (Å²) in [5, 5.41) is 0. The monoisotopic (exact) mass is 377 g/mol. The van der Waals surface area contributed by atoms with Gasteiger partial charge < -0.3 is 14.5 Å². The molecule has 6 heteroatoms. The molecule has 1 aliphatic rings. The number of rotatable bonds is 5. The maximum Gasteiger partial charge on any atom is 0.337 e. The van der Waals surface area contributed by atoms with Crippen molar-refractivity contribution < 1.29 is 14.3 Å². The number of benzene rings is 2. The fraction of sp³-hybridized carbons (Fsp3) is 0.273. The average Bonchev–Trinajstić information content (AvgIpc) is 3.22. The summed E-state index contributed by atoms with van der Waals surface area (Å²) in [4.78, 5) is 21.9. The zero-order chi connectivity index (χ0) is 19.5. The standard InChI is InChI=1S/C22H23N3O3/c1-27-18-9-7-16(8-10-18)19-12-25(13-20-21(19)24-14-23-20)11-15-3-5-17(6-4-15)22(26)28-2/h3-10,14,19H,11-13H2,1-2H3,(H,23,24). The first-order chi connectivity index (χ1) is 13.7. The number of H-pyrrole nitrogens is 1. The molecule has 0 bridgehead atoms. The van der Waals surface area contributed by atoms with Crippen LogP contribution in [0.2, 0.25) is 0 Å². The zero-order valence-corrected chi connectivity index (χ0v) is 16.0. The minimum Gasteiger partial charge on any atom is -0.497 e. The maximum absolute atomic E-state index is 11.6. The van der Waals surface area contributed by atoms with E-state index in [0.29, 0.717) is 5.56 Å². The van der Waals surface area contributed by atoms with Crippen molar-refractivity contribution in [2.24, 2.45) is 0 Å². The highest BCUT2D eigenvalue weighted by Crippen LogP contribution is 2.33. The van der Waals surface area contributed by atoms with Crippen molar-refractivity contribution in [3.8, 4) is 5.75 Å². The predicted octanol–water partition coefficient (Wildman–Crippen LogP) is 3.35. The van der Waals surface area contributed by atoms with Gasteiger partial charge in [0.2, 0.25) is 0 Å². The summed E-state index contributed by atoms with van der Waals surface area (Å²) in [5.41, 5.74) is 5.21. The molecule has 1 aromatic heterocycles. The van der Waals surface area contributed by atoms with Crippen molar-refractivity contribution in [2.75, 3.05) is 20.8 Å². The Bertz CT molecular complexity index is 948. The first-order valence-corrected chi connectivity index (χ1v) is 9.23. The topological polar surface area (TPSA) is 67.5 Å². The van der Waals surface area contributed by atoms with Crippen LogP contribution in [0.4, 0.5) is 0 Å². The Balaban J connectivity index is 1.54. The van der Waals surface area contributed by atoms with Crippen molar-refractivity contribution >= 4 is 5.97 Å². The van der Waals surface area contributed by atoms with Crippen molar-refractivity contribution in [1.82, 2.24) is 14.9 Å². The smallest absolute Gasteiger partial charge is 0.337 e. The molecule has 2 aromatic carbocycles. The van der Waals surface area contributed by atoms with Crippen LogP contribution in [0.15, 0.2) is 54.9 Å². The Hall–Kier alpha value is -3.12. The zero-order valence-electron chi connectivity index (χ0n) is 16.0. The molecule has 0 aliphatic carbocycles. The van der Waals surface area contributed by atoms with Gasteiger partial charge in [0.05, 0.1) is 37.5 Å². The van der Waals surface area contributed by atoms with E-state index in [1.807, 2.05) is 36.4 Å². The summed E-state index contributed by atoms with van der Waals surface area (Å²) in [6.07, 6.45) is 1.77. The van der Waals surface area contributed by atoms with Gasteiger partial charge >= 0.3 is 5.97 Å². The van der Waals surface area contributed by atoms with Crippen LogP contribution in [0.3, 0.4) is 0 Å². The van der Waals surface area contributed by atoms with Gasteiger partial charge in [-0.3, -0.25) is 4.90 Å². The second kappa shape index (κ2) is 7.86. The van der Waals surface area contributed by atoms with Crippen LogP contribution in [-0.2, 0) is 17.8 Å². The van der Waals surface area contributed by atoms with Crippen LogP contribution < -0.4 is 4.74 Å². The summed E-state index contributed by atoms with van der Waals surface area (Å²) in [5.74, 6) is 0.741. The number of methoxy groups -OCH3 is 2. The molecule has 1 aliphatic heterocycles. The van der Waals surface area contributed by atoms with Crippen molar-refractivity contribution in [2.45, 2.75) is 19.0 Å². The van der Waals surface area contributed by atoms with E-state index >= 15 is 0 Å². The maximum atomic E-state index is 11.6. The fourth-order valence-corrected chi connectivity index (χ4v) is 3.73. The van der Waals surface area contributed by atoms with Gasteiger partial charge in [0.1, 0.15) is 5.75 Å². The molecule has 1 N–H and O–H groups in total. The third kappa shape index (κ3) is 3.64. The number of hydrogen-bond donors (Lipinski definition) is 1. The Morgan fingerprint density at radius 1 is 1.14 bits per heavy atom. The molecule has 2 heterocycles. The van der Waals surface area contributed by atoms with E-state index in [2.05, 4.69) is 27.0 Å². The van der Waals surface area contributed by atoms with Crippen molar-refractivity contribution in [1.29, 1.82) is 0 Å². The molecule has 144 valence electrons. The molecule has 0 amide bonds. The molecule has 0 radical (unpaired) electrons. The van der Waals surface area contributed by atoms with Crippen LogP contribution >= 0.6 is 0 Å². The van der Waals surface area contributed by atoms with Gasteiger partial charge in [-0.2, -0.15) is 0 Å². The van der Waals surface area contributed by atoms with Gasteiger partial charge in [-0.25, -0.2) is 9.78 Å². The third-order valence-electron chi connectivity index (χ3n) is 5.20. The largest absolute Gasteiger partial charge is 0.497 e. The van der Waals surface area contributed by atoms with Crippen LogP contribution in [0, 0.1) is 0 Å². The molecule has 1 atom stereocenters. The Labute approximate surface area is 164 Å². The van der Waals surface area contributed by atoms with E-state index in [1.54, 1.807) is 13.4 Å². The van der Waals surface area contributed by atoms with Gasteiger partial charge in [0.25, 0.3) is 0 Å². The average molecular weight is 377 g/mol. The molecule has 0 spiro atoms. The molecule has 0 fully saturated rings. The SMILES string of the molecule is COC(=O)c1ccc(CN2Cc3[nH]cnc3C(c3ccc(OC)cc3)C2)cc1. The summed E-state index contributed by atoms with van der Waals surface area (Å²) >= 11 is 0. The van der Waals surface area contributed by atoms with E-state index in [0.717, 1.165) is 42.3 Å². The Kier molecular flexibility index (Phi) is 5.12. The number of fused-ring (bicyclic) bond motifs is 1. The van der Waals surface area contributed by atoms with E-state index in [9.17, 15) is 4.79 Å². The van der Waals surface area contributed by atoms with Crippen molar-refractivity contribution in [3.05, 3.63) is 82.9 Å². The number of nitrogens with one attached hydrogen (secondary N) is 1. The van der Waals surface area contributed by atoms with Crippen LogP contribution in [0.1, 0.15) is 38.8 Å². The van der Waals surface area contributed by atoms with Crippen molar-refractivity contribution in [3.63, 3.8) is 0 Å². The lowest BCUT2D eigenvalue weighted by Crippen LogP contribution is -2.33. The highest BCUT2D eigenvalue weighted by molar-refractivity contribution is 5.89. The number of nitrogens with zero attached hydrogens (tertiary/aromatic N) is 2. The quantitative estimate of drug-likeness (QED) is 0.691. The molecule has 0 saturated carbocycles. The summed E-state index contributed by atoms with van der Waals surface area (Å²) in [6.45, 7) is 2.50. The Morgan fingerprint density at radius 3 is 2.57 bits per heavy atom. The molecular formula is C22H23N3O3. The Morgan fingerprint density at radius 2 is 1.89 bits per heavy atom. The van der Waals surface area contributed by atoms with E-state index < -0.39 is 0 Å². The van der Waals surface area contributed by atoms with Crippen LogP contribution in [0.25, 0.3) is 0 Å².